The lowest BCUT2D eigenvalue weighted by molar-refractivity contribution is -0.126. The van der Waals surface area contributed by atoms with Crippen molar-refractivity contribution in [1.29, 1.82) is 0 Å². The molecule has 1 fully saturated rings. The molecule has 1 aliphatic rings. The largest absolute Gasteiger partial charge is 0.354 e. The summed E-state index contributed by atoms with van der Waals surface area (Å²) in [5.74, 6) is 0.481. The highest BCUT2D eigenvalue weighted by molar-refractivity contribution is 5.86. The molecule has 4 nitrogen and oxygen atoms in total. The lowest BCUT2D eigenvalue weighted by atomic mass is 9.91. The number of hydrogen-bond acceptors (Lipinski definition) is 3. The molecule has 0 saturated carbocycles. The molecule has 1 aliphatic heterocycles. The van der Waals surface area contributed by atoms with Gasteiger partial charge in [-0.2, -0.15) is 0 Å². The summed E-state index contributed by atoms with van der Waals surface area (Å²) in [5.41, 5.74) is 6.10. The van der Waals surface area contributed by atoms with Gasteiger partial charge >= 0.3 is 0 Å². The predicted molar refractivity (Wildman–Crippen MR) is 85.8 cm³/mol. The van der Waals surface area contributed by atoms with Crippen LogP contribution in [0, 0.1) is 5.92 Å². The number of nitrogens with zero attached hydrogens (tertiary/aromatic N) is 1. The number of nitrogens with two attached hydrogens (primary N) is 1. The number of benzene rings is 1. The molecule has 1 aromatic carbocycles. The average molecular weight is 289 g/mol. The molecule has 1 aromatic rings. The SMILES string of the molecule is CCN1CCC(CNC(=O)C(C)(N)c2ccccc2)CC1. The summed E-state index contributed by atoms with van der Waals surface area (Å²) in [4.78, 5) is 14.8. The van der Waals surface area contributed by atoms with Crippen molar-refractivity contribution in [3.8, 4) is 0 Å². The van der Waals surface area contributed by atoms with Gasteiger partial charge in [-0.05, 0) is 50.9 Å². The Balaban J connectivity index is 1.85. The van der Waals surface area contributed by atoms with Crippen LogP contribution in [-0.2, 0) is 10.3 Å². The van der Waals surface area contributed by atoms with Crippen LogP contribution in [0.3, 0.4) is 0 Å². The highest BCUT2D eigenvalue weighted by Crippen LogP contribution is 2.19. The fourth-order valence-corrected chi connectivity index (χ4v) is 2.84. The molecule has 1 atom stereocenters. The van der Waals surface area contributed by atoms with Gasteiger partial charge in [-0.25, -0.2) is 0 Å². The molecule has 0 bridgehead atoms. The summed E-state index contributed by atoms with van der Waals surface area (Å²) in [6.07, 6.45) is 2.31. The number of likely N-dealkylation sites (tertiary alicyclic amines) is 1. The van der Waals surface area contributed by atoms with Crippen molar-refractivity contribution in [2.75, 3.05) is 26.2 Å². The highest BCUT2D eigenvalue weighted by atomic mass is 16.2. The van der Waals surface area contributed by atoms with Crippen LogP contribution in [0.15, 0.2) is 30.3 Å². The zero-order valence-corrected chi connectivity index (χ0v) is 13.1. The average Bonchev–Trinajstić information content (AvgIpc) is 2.53. The van der Waals surface area contributed by atoms with Gasteiger partial charge in [-0.3, -0.25) is 4.79 Å². The Bertz CT molecular complexity index is 450. The fourth-order valence-electron chi connectivity index (χ4n) is 2.84. The van der Waals surface area contributed by atoms with Crippen molar-refractivity contribution >= 4 is 5.91 Å². The van der Waals surface area contributed by atoms with Crippen molar-refractivity contribution in [2.24, 2.45) is 11.7 Å². The van der Waals surface area contributed by atoms with E-state index in [2.05, 4.69) is 17.1 Å². The van der Waals surface area contributed by atoms with Crippen LogP contribution in [0.5, 0.6) is 0 Å². The number of hydrogen-bond donors (Lipinski definition) is 2. The minimum absolute atomic E-state index is 0.0911. The second kappa shape index (κ2) is 7.05. The first kappa shape index (κ1) is 16.0. The minimum atomic E-state index is -0.967. The van der Waals surface area contributed by atoms with E-state index in [0.717, 1.165) is 44.6 Å². The molecule has 4 heteroatoms. The first-order chi connectivity index (χ1) is 10.0. The van der Waals surface area contributed by atoms with Gasteiger partial charge in [0, 0.05) is 6.54 Å². The van der Waals surface area contributed by atoms with E-state index in [9.17, 15) is 4.79 Å². The maximum absolute atomic E-state index is 12.4. The lowest BCUT2D eigenvalue weighted by Gasteiger charge is -2.32. The molecule has 0 radical (unpaired) electrons. The molecule has 116 valence electrons. The molecule has 3 N–H and O–H groups in total. The summed E-state index contributed by atoms with van der Waals surface area (Å²) in [7, 11) is 0. The van der Waals surface area contributed by atoms with E-state index >= 15 is 0 Å². The van der Waals surface area contributed by atoms with Crippen LogP contribution in [0.1, 0.15) is 32.3 Å². The van der Waals surface area contributed by atoms with E-state index < -0.39 is 5.54 Å². The van der Waals surface area contributed by atoms with Gasteiger partial charge in [0.15, 0.2) is 0 Å². The van der Waals surface area contributed by atoms with Crippen molar-refractivity contribution in [2.45, 2.75) is 32.2 Å². The second-order valence-corrected chi connectivity index (χ2v) is 6.16. The van der Waals surface area contributed by atoms with E-state index in [1.54, 1.807) is 6.92 Å². The zero-order chi connectivity index (χ0) is 15.3. The highest BCUT2D eigenvalue weighted by Gasteiger charge is 2.30. The van der Waals surface area contributed by atoms with Gasteiger partial charge < -0.3 is 16.0 Å². The topological polar surface area (TPSA) is 58.4 Å². The third-order valence-electron chi connectivity index (χ3n) is 4.55. The van der Waals surface area contributed by atoms with Crippen LogP contribution in [0.25, 0.3) is 0 Å². The van der Waals surface area contributed by atoms with Gasteiger partial charge in [0.25, 0.3) is 0 Å². The van der Waals surface area contributed by atoms with Crippen LogP contribution in [0.4, 0.5) is 0 Å². The summed E-state index contributed by atoms with van der Waals surface area (Å²) in [6.45, 7) is 8.09. The number of carbonyl (C=O) groups excluding carboxylic acids is 1. The maximum Gasteiger partial charge on any atom is 0.244 e. The Labute approximate surface area is 127 Å². The summed E-state index contributed by atoms with van der Waals surface area (Å²) >= 11 is 0. The number of nitrogens with one attached hydrogen (secondary N) is 1. The molecular formula is C17H27N3O. The van der Waals surface area contributed by atoms with Gasteiger partial charge in [0.05, 0.1) is 0 Å². The third-order valence-corrected chi connectivity index (χ3v) is 4.55. The van der Waals surface area contributed by atoms with E-state index in [1.807, 2.05) is 30.3 Å². The van der Waals surface area contributed by atoms with Crippen LogP contribution >= 0.6 is 0 Å². The van der Waals surface area contributed by atoms with Crippen LogP contribution in [0.2, 0.25) is 0 Å². The van der Waals surface area contributed by atoms with Gasteiger partial charge in [0.2, 0.25) is 5.91 Å². The zero-order valence-electron chi connectivity index (χ0n) is 13.1. The predicted octanol–water partition coefficient (Wildman–Crippen LogP) is 1.71. The van der Waals surface area contributed by atoms with Gasteiger partial charge in [0.1, 0.15) is 5.54 Å². The number of rotatable bonds is 5. The van der Waals surface area contributed by atoms with Crippen molar-refractivity contribution in [3.05, 3.63) is 35.9 Å². The number of carbonyl (C=O) groups is 1. The first-order valence-electron chi connectivity index (χ1n) is 7.89. The van der Waals surface area contributed by atoms with E-state index in [-0.39, 0.29) is 5.91 Å². The summed E-state index contributed by atoms with van der Waals surface area (Å²) < 4.78 is 0. The Morgan fingerprint density at radius 1 is 1.33 bits per heavy atom. The van der Waals surface area contributed by atoms with E-state index in [1.165, 1.54) is 0 Å². The number of amides is 1. The third kappa shape index (κ3) is 4.05. The standard InChI is InChI=1S/C17H27N3O/c1-3-20-11-9-14(10-12-20)13-19-16(21)17(2,18)15-7-5-4-6-8-15/h4-8,14H,3,9-13,18H2,1-2H3,(H,19,21). The Morgan fingerprint density at radius 2 is 1.95 bits per heavy atom. The van der Waals surface area contributed by atoms with E-state index in [4.69, 9.17) is 5.73 Å². The first-order valence-corrected chi connectivity index (χ1v) is 7.89. The monoisotopic (exact) mass is 289 g/mol. The quantitative estimate of drug-likeness (QED) is 0.867. The Hall–Kier alpha value is -1.39. The van der Waals surface area contributed by atoms with Crippen LogP contribution < -0.4 is 11.1 Å². The maximum atomic E-state index is 12.4. The smallest absolute Gasteiger partial charge is 0.244 e. The van der Waals surface area contributed by atoms with Crippen molar-refractivity contribution in [3.63, 3.8) is 0 Å². The second-order valence-electron chi connectivity index (χ2n) is 6.16. The van der Waals surface area contributed by atoms with Gasteiger partial charge in [-0.1, -0.05) is 37.3 Å². The normalized spacial score (nSPS) is 20.0. The molecular weight excluding hydrogens is 262 g/mol. The fraction of sp³-hybridized carbons (Fsp3) is 0.588. The molecule has 2 rings (SSSR count). The summed E-state index contributed by atoms with van der Waals surface area (Å²) in [5, 5.41) is 3.04. The molecule has 1 saturated heterocycles. The molecule has 1 unspecified atom stereocenters. The van der Waals surface area contributed by atoms with Gasteiger partial charge in [-0.15, -0.1) is 0 Å². The minimum Gasteiger partial charge on any atom is -0.354 e. The molecule has 0 aliphatic carbocycles. The lowest BCUT2D eigenvalue weighted by Crippen LogP contribution is -2.50. The molecule has 0 aromatic heterocycles. The molecule has 1 amide bonds. The molecule has 21 heavy (non-hydrogen) atoms. The summed E-state index contributed by atoms with van der Waals surface area (Å²) in [6, 6.07) is 9.56. The Morgan fingerprint density at radius 3 is 2.52 bits per heavy atom. The number of piperidine rings is 1. The van der Waals surface area contributed by atoms with E-state index in [0.29, 0.717) is 5.92 Å². The van der Waals surface area contributed by atoms with Crippen molar-refractivity contribution in [1.82, 2.24) is 10.2 Å². The van der Waals surface area contributed by atoms with Crippen LogP contribution in [-0.4, -0.2) is 37.0 Å². The molecule has 1 heterocycles. The molecule has 0 spiro atoms. The Kier molecular flexibility index (Phi) is 5.37. The van der Waals surface area contributed by atoms with Crippen molar-refractivity contribution < 1.29 is 4.79 Å².